The van der Waals surface area contributed by atoms with Gasteiger partial charge in [0, 0.05) is 24.5 Å². The van der Waals surface area contributed by atoms with Gasteiger partial charge in [-0.25, -0.2) is 0 Å². The molecule has 0 saturated carbocycles. The number of allylic oxidation sites excluding steroid dienone is 2. The van der Waals surface area contributed by atoms with Crippen molar-refractivity contribution in [1.82, 2.24) is 10.3 Å². The summed E-state index contributed by atoms with van der Waals surface area (Å²) in [6, 6.07) is 11.1. The van der Waals surface area contributed by atoms with Crippen molar-refractivity contribution in [2.45, 2.75) is 6.54 Å². The van der Waals surface area contributed by atoms with Crippen LogP contribution in [0.2, 0.25) is 0 Å². The summed E-state index contributed by atoms with van der Waals surface area (Å²) < 4.78 is 0. The Kier molecular flexibility index (Phi) is 3.23. The van der Waals surface area contributed by atoms with Crippen LogP contribution < -0.4 is 11.1 Å². The highest BCUT2D eigenvalue weighted by Crippen LogP contribution is 2.22. The minimum Gasteiger partial charge on any atom is -0.394 e. The van der Waals surface area contributed by atoms with Crippen molar-refractivity contribution >= 4 is 11.6 Å². The summed E-state index contributed by atoms with van der Waals surface area (Å²) in [5.41, 5.74) is 7.50. The Hall–Kier alpha value is -2.95. The van der Waals surface area contributed by atoms with Crippen molar-refractivity contribution in [3.63, 3.8) is 0 Å². The fourth-order valence-electron chi connectivity index (χ4n) is 2.25. The minimum atomic E-state index is -0.345. The lowest BCUT2D eigenvalue weighted by Crippen LogP contribution is -2.33. The number of hydrogen-bond acceptors (Lipinski definition) is 5. The van der Waals surface area contributed by atoms with Crippen LogP contribution >= 0.6 is 0 Å². The lowest BCUT2D eigenvalue weighted by molar-refractivity contribution is 0.0966. The van der Waals surface area contributed by atoms with Crippen LogP contribution in [0.5, 0.6) is 0 Å². The summed E-state index contributed by atoms with van der Waals surface area (Å²) in [5.74, 6) is -0.645. The van der Waals surface area contributed by atoms with Gasteiger partial charge in [0.1, 0.15) is 11.4 Å². The lowest BCUT2D eigenvalue weighted by atomic mass is 9.92. The molecule has 0 unspecified atom stereocenters. The zero-order chi connectivity index (χ0) is 14.8. The van der Waals surface area contributed by atoms with E-state index < -0.39 is 0 Å². The highest BCUT2D eigenvalue weighted by Gasteiger charge is 2.30. The van der Waals surface area contributed by atoms with E-state index in [1.165, 1.54) is 18.5 Å². The molecule has 0 radical (unpaired) electrons. The van der Waals surface area contributed by atoms with Crippen LogP contribution in [0.25, 0.3) is 0 Å². The van der Waals surface area contributed by atoms with E-state index in [1.807, 2.05) is 30.3 Å². The van der Waals surface area contributed by atoms with Gasteiger partial charge in [-0.3, -0.25) is 14.6 Å². The van der Waals surface area contributed by atoms with E-state index in [9.17, 15) is 9.59 Å². The topological polar surface area (TPSA) is 85.1 Å². The molecule has 0 fully saturated rings. The standard InChI is InChI=1S/C16H13N3O2/c17-13-14(19-8-10-4-2-1-3-5-10)16(21)12-9-18-7-6-11(12)15(13)20/h1-7,9,19H,8,17H2. The smallest absolute Gasteiger partial charge is 0.213 e. The van der Waals surface area contributed by atoms with E-state index in [1.54, 1.807) is 0 Å². The number of carbonyl (C=O) groups excluding carboxylic acids is 2. The maximum absolute atomic E-state index is 12.4. The second-order valence-electron chi connectivity index (χ2n) is 4.71. The number of benzene rings is 1. The Bertz CT molecular complexity index is 751. The number of nitrogens with one attached hydrogen (secondary N) is 1. The Morgan fingerprint density at radius 3 is 2.52 bits per heavy atom. The number of nitrogens with zero attached hydrogens (tertiary/aromatic N) is 1. The van der Waals surface area contributed by atoms with Gasteiger partial charge >= 0.3 is 0 Å². The van der Waals surface area contributed by atoms with E-state index >= 15 is 0 Å². The first-order valence-corrected chi connectivity index (χ1v) is 6.49. The number of Topliss-reactive ketones (excluding diaryl/α,β-unsaturated/α-hetero) is 2. The first-order valence-electron chi connectivity index (χ1n) is 6.49. The van der Waals surface area contributed by atoms with Crippen LogP contribution in [-0.2, 0) is 6.54 Å². The van der Waals surface area contributed by atoms with Gasteiger partial charge in [0.25, 0.3) is 0 Å². The molecule has 5 nitrogen and oxygen atoms in total. The third kappa shape index (κ3) is 2.29. The zero-order valence-electron chi connectivity index (χ0n) is 11.2. The Morgan fingerprint density at radius 1 is 1.00 bits per heavy atom. The van der Waals surface area contributed by atoms with Crippen molar-refractivity contribution in [1.29, 1.82) is 0 Å². The van der Waals surface area contributed by atoms with Gasteiger partial charge in [-0.15, -0.1) is 0 Å². The average molecular weight is 279 g/mol. The first-order chi connectivity index (χ1) is 10.2. The van der Waals surface area contributed by atoms with E-state index in [2.05, 4.69) is 10.3 Å². The van der Waals surface area contributed by atoms with E-state index in [0.717, 1.165) is 5.56 Å². The summed E-state index contributed by atoms with van der Waals surface area (Å²) in [5, 5.41) is 2.97. The molecule has 0 amide bonds. The molecule has 0 aliphatic heterocycles. The zero-order valence-corrected chi connectivity index (χ0v) is 11.2. The van der Waals surface area contributed by atoms with Gasteiger partial charge in [-0.1, -0.05) is 30.3 Å². The molecule has 2 aromatic rings. The molecule has 1 aromatic heterocycles. The summed E-state index contributed by atoms with van der Waals surface area (Å²) in [4.78, 5) is 28.5. The molecule has 0 atom stereocenters. The molecule has 0 spiro atoms. The molecule has 0 saturated heterocycles. The number of aromatic nitrogens is 1. The van der Waals surface area contributed by atoms with Gasteiger partial charge in [0.15, 0.2) is 0 Å². The van der Waals surface area contributed by atoms with Crippen LogP contribution in [0, 0.1) is 0 Å². The van der Waals surface area contributed by atoms with Gasteiger partial charge in [-0.2, -0.15) is 0 Å². The number of nitrogens with two attached hydrogens (primary N) is 1. The molecular weight excluding hydrogens is 266 g/mol. The molecule has 0 bridgehead atoms. The quantitative estimate of drug-likeness (QED) is 0.887. The monoisotopic (exact) mass is 279 g/mol. The summed E-state index contributed by atoms with van der Waals surface area (Å²) in [7, 11) is 0. The highest BCUT2D eigenvalue weighted by atomic mass is 16.1. The maximum atomic E-state index is 12.4. The van der Waals surface area contributed by atoms with Crippen molar-refractivity contribution < 1.29 is 9.59 Å². The van der Waals surface area contributed by atoms with Crippen LogP contribution in [0.3, 0.4) is 0 Å². The SMILES string of the molecule is NC1=C(NCc2ccccc2)C(=O)c2cnccc2C1=O. The van der Waals surface area contributed by atoms with Crippen LogP contribution in [0.4, 0.5) is 0 Å². The summed E-state index contributed by atoms with van der Waals surface area (Å²) >= 11 is 0. The number of hydrogen-bond donors (Lipinski definition) is 2. The van der Waals surface area contributed by atoms with Gasteiger partial charge < -0.3 is 11.1 Å². The molecule has 1 aliphatic carbocycles. The largest absolute Gasteiger partial charge is 0.394 e. The summed E-state index contributed by atoms with van der Waals surface area (Å²) in [6.45, 7) is 0.422. The molecule has 21 heavy (non-hydrogen) atoms. The van der Waals surface area contributed by atoms with Crippen molar-refractivity contribution in [3.8, 4) is 0 Å². The minimum absolute atomic E-state index is 0.0466. The predicted octanol–water partition coefficient (Wildman–Crippen LogP) is 1.42. The Balaban J connectivity index is 1.90. The van der Waals surface area contributed by atoms with E-state index in [4.69, 9.17) is 5.73 Å². The number of pyridine rings is 1. The van der Waals surface area contributed by atoms with Crippen LogP contribution in [0.1, 0.15) is 26.3 Å². The van der Waals surface area contributed by atoms with Crippen LogP contribution in [0.15, 0.2) is 60.2 Å². The van der Waals surface area contributed by atoms with Crippen LogP contribution in [-0.4, -0.2) is 16.6 Å². The summed E-state index contributed by atoms with van der Waals surface area (Å²) in [6.07, 6.45) is 2.87. The molecule has 1 aliphatic rings. The number of carbonyl (C=O) groups is 2. The maximum Gasteiger partial charge on any atom is 0.213 e. The molecule has 104 valence electrons. The molecule has 1 heterocycles. The van der Waals surface area contributed by atoms with Crippen molar-refractivity contribution in [2.75, 3.05) is 0 Å². The normalized spacial score (nSPS) is 14.1. The fraction of sp³-hybridized carbons (Fsp3) is 0.0625. The number of fused-ring (bicyclic) bond motifs is 1. The Labute approximate surface area is 121 Å². The van der Waals surface area contributed by atoms with Gasteiger partial charge in [-0.05, 0) is 11.6 Å². The first kappa shape index (κ1) is 13.1. The lowest BCUT2D eigenvalue weighted by Gasteiger charge is -2.19. The van der Waals surface area contributed by atoms with E-state index in [-0.39, 0.29) is 28.5 Å². The Morgan fingerprint density at radius 2 is 1.76 bits per heavy atom. The average Bonchev–Trinajstić information content (AvgIpc) is 2.54. The van der Waals surface area contributed by atoms with E-state index in [0.29, 0.717) is 12.1 Å². The molecule has 1 aromatic carbocycles. The third-order valence-electron chi connectivity index (χ3n) is 3.36. The number of ketones is 2. The second kappa shape index (κ2) is 5.20. The van der Waals surface area contributed by atoms with Gasteiger partial charge in [0.05, 0.1) is 5.56 Å². The fourth-order valence-corrected chi connectivity index (χ4v) is 2.25. The van der Waals surface area contributed by atoms with Crippen molar-refractivity contribution in [2.24, 2.45) is 5.73 Å². The molecule has 3 rings (SSSR count). The third-order valence-corrected chi connectivity index (χ3v) is 3.36. The van der Waals surface area contributed by atoms with Gasteiger partial charge in [0.2, 0.25) is 11.6 Å². The number of rotatable bonds is 3. The molecule has 5 heteroatoms. The highest BCUT2D eigenvalue weighted by molar-refractivity contribution is 6.26. The van der Waals surface area contributed by atoms with Crippen molar-refractivity contribution in [3.05, 3.63) is 76.9 Å². The molecular formula is C16H13N3O2. The second-order valence-corrected chi connectivity index (χ2v) is 4.71. The molecule has 3 N–H and O–H groups in total. The predicted molar refractivity (Wildman–Crippen MR) is 77.4 cm³/mol.